The third kappa shape index (κ3) is 3.92. The maximum atomic E-state index is 13.4. The third-order valence-electron chi connectivity index (χ3n) is 2.50. The summed E-state index contributed by atoms with van der Waals surface area (Å²) >= 11 is -0.122. The van der Waals surface area contributed by atoms with E-state index in [-0.39, 0.29) is 11.3 Å². The van der Waals surface area contributed by atoms with Crippen molar-refractivity contribution in [1.29, 1.82) is 0 Å². The quantitative estimate of drug-likeness (QED) is 0.677. The van der Waals surface area contributed by atoms with E-state index in [1.807, 2.05) is 5.32 Å². The number of primary sulfonamides is 1. The van der Waals surface area contributed by atoms with Gasteiger partial charge >= 0.3 is 0 Å². The van der Waals surface area contributed by atoms with Crippen molar-refractivity contribution >= 4 is 31.4 Å². The van der Waals surface area contributed by atoms with Crippen LogP contribution >= 0.6 is 11.3 Å². The van der Waals surface area contributed by atoms with Crippen LogP contribution in [-0.4, -0.2) is 54.3 Å². The molecule has 0 fully saturated rings. The summed E-state index contributed by atoms with van der Waals surface area (Å²) in [5.41, 5.74) is -1.07. The van der Waals surface area contributed by atoms with Gasteiger partial charge in [0.25, 0.3) is 10.0 Å². The van der Waals surface area contributed by atoms with Crippen molar-refractivity contribution < 1.29 is 35.3 Å². The van der Waals surface area contributed by atoms with Gasteiger partial charge in [0.15, 0.2) is 0 Å². The topological polar surface area (TPSA) is 119 Å². The molecule has 1 aliphatic rings. The van der Waals surface area contributed by atoms with E-state index in [2.05, 4.69) is 4.74 Å². The summed E-state index contributed by atoms with van der Waals surface area (Å²) in [6.07, 6.45) is -1.37. The Labute approximate surface area is 154 Å². The number of nitrogens with zero attached hydrogens (tertiary/aromatic N) is 1. The fraction of sp³-hybridized carbons (Fsp3) is 0.667. The van der Waals surface area contributed by atoms with Crippen LogP contribution in [0, 0.1) is 0 Å². The molecule has 1 atom stereocenters. The van der Waals surface area contributed by atoms with Crippen molar-refractivity contribution in [3.8, 4) is 0 Å². The molecule has 8 nitrogen and oxygen atoms in total. The molecule has 0 aromatic carbocycles. The van der Waals surface area contributed by atoms with Gasteiger partial charge in [0.1, 0.15) is 8.42 Å². The van der Waals surface area contributed by atoms with Gasteiger partial charge in [-0.3, -0.25) is 0 Å². The van der Waals surface area contributed by atoms with Crippen LogP contribution in [-0.2, 0) is 24.8 Å². The van der Waals surface area contributed by atoms with Crippen LogP contribution in [0.2, 0.25) is 0 Å². The van der Waals surface area contributed by atoms with Crippen molar-refractivity contribution in [2.45, 2.75) is 27.8 Å². The number of hydrogen-bond donors (Lipinski definition) is 2. The number of ether oxygens (including phenoxy) is 1. The lowest BCUT2D eigenvalue weighted by atomic mass is 10.1. The monoisotopic (exact) mass is 393 g/mol. The highest BCUT2D eigenvalue weighted by molar-refractivity contribution is 7.94. The zero-order valence-corrected chi connectivity index (χ0v) is 14.4. The number of thiophene rings is 1. The first-order chi connectivity index (χ1) is 14.4. The molecular formula is C12H21N3O5S3. The molecule has 11 heteroatoms. The number of sulfonamides is 2. The normalized spacial score (nSPS) is 34.9. The van der Waals surface area contributed by atoms with E-state index >= 15 is 0 Å². The Kier molecular flexibility index (Phi) is 2.86. The Morgan fingerprint density at radius 3 is 3.00 bits per heavy atom. The van der Waals surface area contributed by atoms with Crippen LogP contribution in [0.25, 0.3) is 0 Å². The van der Waals surface area contributed by atoms with Crippen LogP contribution in [0.3, 0.4) is 0 Å². The highest BCUT2D eigenvalue weighted by Crippen LogP contribution is 2.39. The fourth-order valence-corrected chi connectivity index (χ4v) is 5.22. The number of methoxy groups -OCH3 is 1. The van der Waals surface area contributed by atoms with Gasteiger partial charge in [-0.05, 0) is 19.0 Å². The van der Waals surface area contributed by atoms with Gasteiger partial charge in [0, 0.05) is 46.5 Å². The molecule has 2 rings (SSSR count). The van der Waals surface area contributed by atoms with Crippen LogP contribution in [0.4, 0.5) is 0 Å². The summed E-state index contributed by atoms with van der Waals surface area (Å²) in [7, 11) is -9.25. The molecule has 0 spiro atoms. The smallest absolute Gasteiger partial charge is 0.252 e. The first-order valence-electron chi connectivity index (χ1n) is 10.9. The molecule has 23 heavy (non-hydrogen) atoms. The van der Waals surface area contributed by atoms with E-state index in [9.17, 15) is 16.8 Å². The first kappa shape index (κ1) is 9.22. The molecule has 0 amide bonds. The second kappa shape index (κ2) is 7.13. The molecule has 1 aromatic heterocycles. The van der Waals surface area contributed by atoms with Gasteiger partial charge in [0.2, 0.25) is 10.0 Å². The average molecular weight is 394 g/mol. The zero-order chi connectivity index (χ0) is 26.2. The van der Waals surface area contributed by atoms with E-state index in [1.54, 1.807) is 0 Å². The predicted octanol–water partition coefficient (Wildman–Crippen LogP) is 0.0869. The van der Waals surface area contributed by atoms with Crippen molar-refractivity contribution in [2.75, 3.05) is 33.2 Å². The molecule has 3 N–H and O–H groups in total. The Hall–Kier alpha value is -0.560. The molecule has 0 saturated carbocycles. The summed E-state index contributed by atoms with van der Waals surface area (Å²) in [5, 5.41) is 6.91. The lowest BCUT2D eigenvalue weighted by molar-refractivity contribution is 0.185. The Balaban J connectivity index is 3.03. The number of hydrogen-bond acceptors (Lipinski definition) is 7. The maximum absolute atomic E-state index is 13.4. The lowest BCUT2D eigenvalue weighted by Gasteiger charge is -2.32. The van der Waals surface area contributed by atoms with Crippen LogP contribution in [0.15, 0.2) is 14.5 Å². The van der Waals surface area contributed by atoms with Crippen LogP contribution < -0.4 is 10.5 Å². The van der Waals surface area contributed by atoms with Crippen molar-refractivity contribution in [2.24, 2.45) is 5.14 Å². The standard InChI is InChI=1S/C12H21N3O5S3/c1-3-14-10-8-15(5-4-6-20-2)23(18,19)12-9(10)7-11(21-12)22(13,16)17/h7,10,14H,3-6,8H2,1-2H3,(H2,13,16,17)/t10-/m0/s1/i3D2,5D2,6D2,7D,8D2,10D. The molecule has 2 heterocycles. The Morgan fingerprint density at radius 1 is 1.74 bits per heavy atom. The number of fused-ring (bicyclic) bond motifs is 1. The highest BCUT2D eigenvalue weighted by Gasteiger charge is 2.39. The molecule has 0 saturated heterocycles. The molecule has 132 valence electrons. The molecule has 1 aliphatic heterocycles. The van der Waals surface area contributed by atoms with Crippen LogP contribution in [0.1, 0.15) is 38.6 Å². The summed E-state index contributed by atoms with van der Waals surface area (Å²) in [6.45, 7) is -11.7. The van der Waals surface area contributed by atoms with Crippen molar-refractivity contribution in [3.63, 3.8) is 0 Å². The van der Waals surface area contributed by atoms with Gasteiger partial charge in [-0.15, -0.1) is 11.3 Å². The SMILES string of the molecule is [2H]c1c(S(N)(=O)=O)sc2c1[C@@]([2H])(NC([2H])([2H])C)C([2H])([2H])N(C([2H])([2H])CC([2H])([2H])OC)S2(=O)=O. The minimum atomic E-state index is -5.36. The largest absolute Gasteiger partial charge is 0.385 e. The van der Waals surface area contributed by atoms with E-state index in [4.69, 9.17) is 18.8 Å². The second-order valence-corrected chi connectivity index (χ2v) is 8.80. The fourth-order valence-electron chi connectivity index (χ4n) is 1.61. The van der Waals surface area contributed by atoms with E-state index in [0.717, 1.165) is 14.0 Å². The van der Waals surface area contributed by atoms with Gasteiger partial charge in [0.05, 0.1) is 5.48 Å². The van der Waals surface area contributed by atoms with E-state index in [0.29, 0.717) is 0 Å². The second-order valence-electron chi connectivity index (χ2n) is 4.04. The van der Waals surface area contributed by atoms with Crippen LogP contribution in [0.5, 0.6) is 0 Å². The van der Waals surface area contributed by atoms with E-state index in [1.165, 1.54) is 0 Å². The molecule has 0 bridgehead atoms. The minimum absolute atomic E-state index is 0.122. The first-order valence-corrected chi connectivity index (χ1v) is 9.72. The summed E-state index contributed by atoms with van der Waals surface area (Å²) in [5.74, 6) is 0. The summed E-state index contributed by atoms with van der Waals surface area (Å²) < 4.78 is 133. The van der Waals surface area contributed by atoms with Gasteiger partial charge in [-0.25, -0.2) is 22.0 Å². The summed E-state index contributed by atoms with van der Waals surface area (Å²) in [4.78, 5) is 0. The number of likely N-dealkylation sites (N-methyl/N-ethyl adjacent to an activating group) is 1. The zero-order valence-electron chi connectivity index (χ0n) is 22.0. The Bertz CT molecular complexity index is 1160. The number of nitrogens with one attached hydrogen (secondary N) is 1. The molecule has 1 aromatic rings. The average Bonchev–Trinajstić information content (AvgIpc) is 2.89. The van der Waals surface area contributed by atoms with Gasteiger partial charge in [-0.2, -0.15) is 4.31 Å². The highest BCUT2D eigenvalue weighted by atomic mass is 32.3. The van der Waals surface area contributed by atoms with Gasteiger partial charge < -0.3 is 10.1 Å². The minimum Gasteiger partial charge on any atom is -0.385 e. The lowest BCUT2D eigenvalue weighted by Crippen LogP contribution is -2.43. The third-order valence-corrected chi connectivity index (χ3v) is 7.00. The molecular weight excluding hydrogens is 362 g/mol. The molecule has 0 radical (unpaired) electrons. The molecule has 0 aliphatic carbocycles. The predicted molar refractivity (Wildman–Crippen MR) is 87.4 cm³/mol. The maximum Gasteiger partial charge on any atom is 0.252 e. The van der Waals surface area contributed by atoms with Crippen molar-refractivity contribution in [1.82, 2.24) is 9.62 Å². The summed E-state index contributed by atoms with van der Waals surface area (Å²) in [6, 6.07) is -4.43. The molecule has 0 unspecified atom stereocenters. The van der Waals surface area contributed by atoms with E-state index < -0.39 is 82.9 Å². The Morgan fingerprint density at radius 2 is 2.43 bits per heavy atom. The number of rotatable bonds is 7. The number of nitrogens with two attached hydrogens (primary N) is 1. The van der Waals surface area contributed by atoms with Gasteiger partial charge in [-0.1, -0.05) is 6.92 Å². The van der Waals surface area contributed by atoms with Crippen molar-refractivity contribution in [3.05, 3.63) is 11.6 Å².